The maximum Gasteiger partial charge on any atom is 0.410 e. The highest BCUT2D eigenvalue weighted by molar-refractivity contribution is 14.2. The van der Waals surface area contributed by atoms with Crippen LogP contribution in [-0.2, 0) is 11.2 Å². The third-order valence-electron chi connectivity index (χ3n) is 5.26. The fourth-order valence-corrected chi connectivity index (χ4v) is 3.43. The van der Waals surface area contributed by atoms with Gasteiger partial charge in [0.25, 0.3) is 0 Å². The minimum Gasteiger partial charge on any atom is -0.447 e. The van der Waals surface area contributed by atoms with Crippen molar-refractivity contribution in [2.45, 2.75) is 65.1 Å². The molecular weight excluding hydrogens is 551 g/mol. The monoisotopic (exact) mass is 585 g/mol. The second-order valence-corrected chi connectivity index (χ2v) is 7.99. The lowest BCUT2D eigenvalue weighted by atomic mass is 10.1. The van der Waals surface area contributed by atoms with Gasteiger partial charge < -0.3 is 25.1 Å². The minimum absolute atomic E-state index is 0.0700. The standard InChI is InChI=1S/C13H16F2N2.C9H17NO3.HIS/c1-2-9-7-12(15)13(8-11(9)14)17-5-3-10(16)4-6-17;1-7(2)13-9(12)10-5-3-8(11)4-6-10;1-2/h7-8,16H,2-6H2,1H3;7-8,11H,3-6H2,1-2H3;2H. The van der Waals surface area contributed by atoms with Crippen LogP contribution in [0.25, 0.3) is 0 Å². The molecule has 0 aliphatic carbocycles. The molecule has 10 heteroatoms. The van der Waals surface area contributed by atoms with Crippen LogP contribution in [0.15, 0.2) is 12.1 Å². The maximum absolute atomic E-state index is 13.8. The van der Waals surface area contributed by atoms with E-state index < -0.39 is 0 Å². The Labute approximate surface area is 207 Å². The fourth-order valence-electron chi connectivity index (χ4n) is 3.43. The number of ether oxygens (including phenoxy) is 1. The molecule has 1 amide bonds. The summed E-state index contributed by atoms with van der Waals surface area (Å²) in [5.74, 6) is -0.707. The number of amides is 1. The first-order chi connectivity index (χ1) is 15.2. The van der Waals surface area contributed by atoms with Crippen molar-refractivity contribution >= 4 is 48.5 Å². The van der Waals surface area contributed by atoms with Gasteiger partial charge in [0.05, 0.1) is 17.9 Å². The Kier molecular flexibility index (Phi) is 13.4. The Morgan fingerprint density at radius 1 is 1.19 bits per heavy atom. The highest BCUT2D eigenvalue weighted by Crippen LogP contribution is 2.25. The second-order valence-electron chi connectivity index (χ2n) is 7.99. The minimum atomic E-state index is -0.364. The van der Waals surface area contributed by atoms with E-state index in [1.807, 2.05) is 40.0 Å². The third kappa shape index (κ3) is 9.38. The summed E-state index contributed by atoms with van der Waals surface area (Å²) < 4.78 is 32.5. The number of benzene rings is 1. The van der Waals surface area contributed by atoms with Crippen LogP contribution in [0.5, 0.6) is 0 Å². The molecular formula is C22H34F2IN3O3S. The Bertz CT molecular complexity index is 737. The van der Waals surface area contributed by atoms with Gasteiger partial charge in [0.2, 0.25) is 0 Å². The van der Waals surface area contributed by atoms with Gasteiger partial charge in [-0.1, -0.05) is 6.92 Å². The number of nitrogens with one attached hydrogen (secondary N) is 1. The predicted molar refractivity (Wildman–Crippen MR) is 136 cm³/mol. The maximum atomic E-state index is 13.8. The lowest BCUT2D eigenvalue weighted by Crippen LogP contribution is -2.41. The lowest BCUT2D eigenvalue weighted by Gasteiger charge is -2.29. The topological polar surface area (TPSA) is 76.9 Å². The zero-order chi connectivity index (χ0) is 24.3. The SMILES string of the molecule is CC(C)OC(=O)N1CCC(O)CC1.CCc1cc(F)c(N2CCC(=N)CC2)cc1F.SI. The van der Waals surface area contributed by atoms with Crippen LogP contribution < -0.4 is 4.90 Å². The number of thiol groups is 1. The molecule has 0 aromatic heterocycles. The molecule has 1 aromatic rings. The van der Waals surface area contributed by atoms with Crippen LogP contribution in [-0.4, -0.2) is 60.2 Å². The molecule has 182 valence electrons. The van der Waals surface area contributed by atoms with Crippen LogP contribution in [0, 0.1) is 17.0 Å². The van der Waals surface area contributed by atoms with Crippen molar-refractivity contribution in [1.29, 1.82) is 5.41 Å². The summed E-state index contributed by atoms with van der Waals surface area (Å²) in [6.45, 7) is 7.87. The predicted octanol–water partition coefficient (Wildman–Crippen LogP) is 5.40. The molecule has 2 N–H and O–H groups in total. The first kappa shape index (κ1) is 28.9. The molecule has 0 spiro atoms. The number of hydrogen-bond acceptors (Lipinski definition) is 6. The Morgan fingerprint density at radius 3 is 2.25 bits per heavy atom. The largest absolute Gasteiger partial charge is 0.447 e. The van der Waals surface area contributed by atoms with E-state index >= 15 is 0 Å². The first-order valence-electron chi connectivity index (χ1n) is 10.8. The number of piperidine rings is 2. The molecule has 2 aliphatic rings. The molecule has 32 heavy (non-hydrogen) atoms. The number of carbonyl (C=O) groups excluding carboxylic acids is 1. The molecule has 0 unspecified atom stereocenters. The summed E-state index contributed by atoms with van der Waals surface area (Å²) >= 11 is 1.84. The summed E-state index contributed by atoms with van der Waals surface area (Å²) in [5, 5.41) is 16.7. The molecule has 2 saturated heterocycles. The zero-order valence-corrected chi connectivity index (χ0v) is 22.0. The number of carbonyl (C=O) groups is 1. The van der Waals surface area contributed by atoms with E-state index in [1.54, 1.807) is 11.8 Å². The lowest BCUT2D eigenvalue weighted by molar-refractivity contribution is 0.0457. The van der Waals surface area contributed by atoms with E-state index in [2.05, 4.69) is 9.80 Å². The zero-order valence-electron chi connectivity index (χ0n) is 18.9. The molecule has 3 rings (SSSR count). The number of nitrogens with zero attached hydrogens (tertiary/aromatic N) is 2. The van der Waals surface area contributed by atoms with Crippen molar-refractivity contribution in [3.63, 3.8) is 0 Å². The summed E-state index contributed by atoms with van der Waals surface area (Å²) in [5.41, 5.74) is 1.43. The van der Waals surface area contributed by atoms with Crippen molar-refractivity contribution in [3.05, 3.63) is 29.3 Å². The molecule has 2 fully saturated rings. The molecule has 0 atom stereocenters. The van der Waals surface area contributed by atoms with Crippen LogP contribution in [0.4, 0.5) is 19.3 Å². The second kappa shape index (κ2) is 14.9. The quantitative estimate of drug-likeness (QED) is 0.328. The molecule has 6 nitrogen and oxygen atoms in total. The Hall–Kier alpha value is -1.14. The van der Waals surface area contributed by atoms with Crippen LogP contribution in [0.1, 0.15) is 52.0 Å². The van der Waals surface area contributed by atoms with Gasteiger partial charge in [-0.15, -0.1) is 9.80 Å². The van der Waals surface area contributed by atoms with Gasteiger partial charge >= 0.3 is 6.09 Å². The summed E-state index contributed by atoms with van der Waals surface area (Å²) in [6, 6.07) is 2.56. The van der Waals surface area contributed by atoms with E-state index in [4.69, 9.17) is 10.1 Å². The molecule has 0 radical (unpaired) electrons. The van der Waals surface area contributed by atoms with Crippen molar-refractivity contribution in [2.75, 3.05) is 31.1 Å². The average Bonchev–Trinajstić information content (AvgIpc) is 2.77. The van der Waals surface area contributed by atoms with Gasteiger partial charge in [-0.05, 0) is 65.9 Å². The number of anilines is 1. The summed E-state index contributed by atoms with van der Waals surface area (Å²) in [7, 11) is 3.50. The average molecular weight is 585 g/mol. The molecule has 2 aliphatic heterocycles. The van der Waals surface area contributed by atoms with Gasteiger partial charge in [0, 0.05) is 50.8 Å². The van der Waals surface area contributed by atoms with E-state index in [0.717, 1.165) is 0 Å². The van der Waals surface area contributed by atoms with Crippen molar-refractivity contribution in [1.82, 2.24) is 4.90 Å². The van der Waals surface area contributed by atoms with Gasteiger partial charge in [0.1, 0.15) is 11.6 Å². The van der Waals surface area contributed by atoms with Crippen molar-refractivity contribution in [2.24, 2.45) is 0 Å². The highest BCUT2D eigenvalue weighted by Gasteiger charge is 2.22. The highest BCUT2D eigenvalue weighted by atomic mass is 127. The van der Waals surface area contributed by atoms with Gasteiger partial charge in [-0.25, -0.2) is 13.6 Å². The van der Waals surface area contributed by atoms with E-state index in [0.29, 0.717) is 75.2 Å². The number of rotatable bonds is 3. The van der Waals surface area contributed by atoms with Crippen molar-refractivity contribution < 1.29 is 23.4 Å². The van der Waals surface area contributed by atoms with E-state index in [1.165, 1.54) is 12.1 Å². The number of aryl methyl sites for hydroxylation is 1. The van der Waals surface area contributed by atoms with Gasteiger partial charge in [-0.2, -0.15) is 0 Å². The number of likely N-dealkylation sites (tertiary alicyclic amines) is 1. The molecule has 0 saturated carbocycles. The summed E-state index contributed by atoms with van der Waals surface area (Å²) in [6.07, 6.45) is 2.51. The normalized spacial score (nSPS) is 16.7. The molecule has 2 heterocycles. The van der Waals surface area contributed by atoms with Gasteiger partial charge in [0.15, 0.2) is 0 Å². The smallest absolute Gasteiger partial charge is 0.410 e. The van der Waals surface area contributed by atoms with Crippen molar-refractivity contribution in [3.8, 4) is 0 Å². The molecule has 1 aromatic carbocycles. The van der Waals surface area contributed by atoms with E-state index in [9.17, 15) is 18.7 Å². The number of halogens is 3. The third-order valence-corrected chi connectivity index (χ3v) is 5.26. The van der Waals surface area contributed by atoms with E-state index in [-0.39, 0.29) is 29.9 Å². The fraction of sp³-hybridized carbons (Fsp3) is 0.636. The molecule has 0 bridgehead atoms. The number of aliphatic hydroxyl groups excluding tert-OH is 1. The first-order valence-corrected chi connectivity index (χ1v) is 14.0. The Balaban J connectivity index is 0.000000307. The van der Waals surface area contributed by atoms with Crippen LogP contribution in [0.2, 0.25) is 0 Å². The van der Waals surface area contributed by atoms with Gasteiger partial charge in [-0.3, -0.25) is 0 Å². The Morgan fingerprint density at radius 2 is 1.75 bits per heavy atom. The van der Waals surface area contributed by atoms with Crippen LogP contribution >= 0.6 is 31.0 Å². The number of hydrogen-bond donors (Lipinski definition) is 3. The summed E-state index contributed by atoms with van der Waals surface area (Å²) in [4.78, 5) is 14.8. The van der Waals surface area contributed by atoms with Crippen LogP contribution in [0.3, 0.4) is 0 Å². The number of aliphatic hydroxyl groups is 1.